The molecule has 0 aliphatic heterocycles. The quantitative estimate of drug-likeness (QED) is 0.381. The molecule has 0 fully saturated rings. The number of hydrazone groups is 1. The maximum atomic E-state index is 12.0. The minimum Gasteiger partial charge on any atom is -0.455 e. The van der Waals surface area contributed by atoms with Crippen LogP contribution < -0.4 is 5.43 Å². The SMILES string of the molecule is O=C(N/N=C/c1ccc(-c2cccc([N+](=O)[O-])c2)o1)c1cccc(Br)c1. The van der Waals surface area contributed by atoms with E-state index in [4.69, 9.17) is 4.42 Å². The number of hydrogen-bond donors (Lipinski definition) is 1. The number of furan rings is 1. The van der Waals surface area contributed by atoms with Crippen molar-refractivity contribution in [3.63, 3.8) is 0 Å². The molecule has 26 heavy (non-hydrogen) atoms. The number of halogens is 1. The van der Waals surface area contributed by atoms with Crippen LogP contribution in [0.1, 0.15) is 16.1 Å². The summed E-state index contributed by atoms with van der Waals surface area (Å²) in [5, 5.41) is 14.7. The first-order chi connectivity index (χ1) is 12.5. The van der Waals surface area contributed by atoms with Gasteiger partial charge in [0.25, 0.3) is 11.6 Å². The number of nitrogens with one attached hydrogen (secondary N) is 1. The first-order valence-electron chi connectivity index (χ1n) is 7.46. The highest BCUT2D eigenvalue weighted by molar-refractivity contribution is 9.10. The average molecular weight is 414 g/mol. The van der Waals surface area contributed by atoms with Crippen molar-refractivity contribution in [2.24, 2.45) is 5.10 Å². The van der Waals surface area contributed by atoms with Gasteiger partial charge in [0, 0.05) is 27.7 Å². The molecule has 0 unspecified atom stereocenters. The molecule has 3 rings (SSSR count). The van der Waals surface area contributed by atoms with Crippen molar-refractivity contribution in [1.82, 2.24) is 5.43 Å². The second kappa shape index (κ2) is 7.75. The van der Waals surface area contributed by atoms with Crippen molar-refractivity contribution in [1.29, 1.82) is 0 Å². The van der Waals surface area contributed by atoms with Gasteiger partial charge in [-0.3, -0.25) is 14.9 Å². The Morgan fingerprint density at radius 3 is 2.73 bits per heavy atom. The first kappa shape index (κ1) is 17.6. The van der Waals surface area contributed by atoms with Gasteiger partial charge in [-0.2, -0.15) is 5.10 Å². The maximum absolute atomic E-state index is 12.0. The van der Waals surface area contributed by atoms with Crippen LogP contribution in [0.3, 0.4) is 0 Å². The molecule has 130 valence electrons. The molecule has 0 aliphatic rings. The molecule has 3 aromatic rings. The molecule has 0 bridgehead atoms. The normalized spacial score (nSPS) is 10.8. The van der Waals surface area contributed by atoms with Gasteiger partial charge in [0.2, 0.25) is 0 Å². The summed E-state index contributed by atoms with van der Waals surface area (Å²) in [6.07, 6.45) is 1.36. The van der Waals surface area contributed by atoms with Gasteiger partial charge in [-0.05, 0) is 30.3 Å². The fraction of sp³-hybridized carbons (Fsp3) is 0. The van der Waals surface area contributed by atoms with E-state index in [0.717, 1.165) is 4.47 Å². The number of amides is 1. The van der Waals surface area contributed by atoms with Crippen LogP contribution in [0.2, 0.25) is 0 Å². The predicted octanol–water partition coefficient (Wildman–Crippen LogP) is 4.38. The summed E-state index contributed by atoms with van der Waals surface area (Å²) in [6, 6.07) is 16.4. The highest BCUT2D eigenvalue weighted by atomic mass is 79.9. The fourth-order valence-electron chi connectivity index (χ4n) is 2.20. The molecule has 0 saturated carbocycles. The minimum absolute atomic E-state index is 0.0181. The Balaban J connectivity index is 1.68. The summed E-state index contributed by atoms with van der Waals surface area (Å²) in [4.78, 5) is 22.4. The summed E-state index contributed by atoms with van der Waals surface area (Å²) in [5.74, 6) is 0.516. The zero-order valence-electron chi connectivity index (χ0n) is 13.3. The van der Waals surface area contributed by atoms with Gasteiger partial charge in [0.15, 0.2) is 0 Å². The van der Waals surface area contributed by atoms with E-state index in [-0.39, 0.29) is 11.6 Å². The monoisotopic (exact) mass is 413 g/mol. The number of benzene rings is 2. The summed E-state index contributed by atoms with van der Waals surface area (Å²) in [5.41, 5.74) is 3.44. The largest absolute Gasteiger partial charge is 0.455 e. The third-order valence-electron chi connectivity index (χ3n) is 3.41. The van der Waals surface area contributed by atoms with Crippen LogP contribution in [-0.4, -0.2) is 17.0 Å². The van der Waals surface area contributed by atoms with Crippen molar-refractivity contribution in [3.8, 4) is 11.3 Å². The van der Waals surface area contributed by atoms with Crippen molar-refractivity contribution in [2.45, 2.75) is 0 Å². The third-order valence-corrected chi connectivity index (χ3v) is 3.91. The number of rotatable bonds is 5. The Kier molecular flexibility index (Phi) is 5.23. The maximum Gasteiger partial charge on any atom is 0.271 e. The van der Waals surface area contributed by atoms with Crippen molar-refractivity contribution in [3.05, 3.63) is 86.6 Å². The van der Waals surface area contributed by atoms with Crippen LogP contribution in [0.5, 0.6) is 0 Å². The zero-order valence-corrected chi connectivity index (χ0v) is 14.8. The van der Waals surface area contributed by atoms with E-state index in [0.29, 0.717) is 22.6 Å². The van der Waals surface area contributed by atoms with Crippen LogP contribution in [0.4, 0.5) is 5.69 Å². The Bertz CT molecular complexity index is 997. The van der Waals surface area contributed by atoms with Crippen LogP contribution in [0.15, 0.2) is 74.7 Å². The molecular formula is C18H12BrN3O4. The molecule has 1 amide bonds. The van der Waals surface area contributed by atoms with E-state index in [2.05, 4.69) is 26.5 Å². The van der Waals surface area contributed by atoms with E-state index in [9.17, 15) is 14.9 Å². The number of non-ortho nitro benzene ring substituents is 1. The lowest BCUT2D eigenvalue weighted by Gasteiger charge is -1.99. The molecule has 0 spiro atoms. The fourth-order valence-corrected chi connectivity index (χ4v) is 2.60. The first-order valence-corrected chi connectivity index (χ1v) is 8.26. The number of carbonyl (C=O) groups excluding carboxylic acids is 1. The number of nitro groups is 1. The lowest BCUT2D eigenvalue weighted by atomic mass is 10.1. The topological polar surface area (TPSA) is 97.7 Å². The van der Waals surface area contributed by atoms with Crippen molar-refractivity contribution >= 4 is 33.7 Å². The Morgan fingerprint density at radius 2 is 1.96 bits per heavy atom. The van der Waals surface area contributed by atoms with Gasteiger partial charge < -0.3 is 4.42 Å². The van der Waals surface area contributed by atoms with E-state index < -0.39 is 4.92 Å². The lowest BCUT2D eigenvalue weighted by Crippen LogP contribution is -2.17. The second-order valence-corrected chi connectivity index (χ2v) is 6.13. The summed E-state index contributed by atoms with van der Waals surface area (Å²) >= 11 is 3.30. The molecule has 2 aromatic carbocycles. The van der Waals surface area contributed by atoms with Gasteiger partial charge in [0.05, 0.1) is 11.1 Å². The zero-order chi connectivity index (χ0) is 18.5. The second-order valence-electron chi connectivity index (χ2n) is 5.22. The molecule has 0 saturated heterocycles. The Hall–Kier alpha value is -3.26. The molecule has 8 heteroatoms. The third kappa shape index (κ3) is 4.22. The van der Waals surface area contributed by atoms with E-state index in [1.165, 1.54) is 18.3 Å². The van der Waals surface area contributed by atoms with Crippen molar-refractivity contribution in [2.75, 3.05) is 0 Å². The molecular weight excluding hydrogens is 402 g/mol. The molecule has 0 aliphatic carbocycles. The highest BCUT2D eigenvalue weighted by Gasteiger charge is 2.10. The van der Waals surface area contributed by atoms with Crippen LogP contribution >= 0.6 is 15.9 Å². The van der Waals surface area contributed by atoms with Gasteiger partial charge >= 0.3 is 0 Å². The van der Waals surface area contributed by atoms with E-state index in [1.807, 2.05) is 6.07 Å². The lowest BCUT2D eigenvalue weighted by molar-refractivity contribution is -0.384. The highest BCUT2D eigenvalue weighted by Crippen LogP contribution is 2.25. The van der Waals surface area contributed by atoms with Crippen LogP contribution in [-0.2, 0) is 0 Å². The Labute approximate surface area is 156 Å². The number of hydrogen-bond acceptors (Lipinski definition) is 5. The van der Waals surface area contributed by atoms with E-state index in [1.54, 1.807) is 42.5 Å². The Morgan fingerprint density at radius 1 is 1.15 bits per heavy atom. The summed E-state index contributed by atoms with van der Waals surface area (Å²) in [6.45, 7) is 0. The molecule has 1 aromatic heterocycles. The number of nitro benzene ring substituents is 1. The van der Waals surface area contributed by atoms with Crippen molar-refractivity contribution < 1.29 is 14.1 Å². The molecule has 7 nitrogen and oxygen atoms in total. The average Bonchev–Trinajstić information content (AvgIpc) is 3.10. The van der Waals surface area contributed by atoms with E-state index >= 15 is 0 Å². The van der Waals surface area contributed by atoms with Gasteiger partial charge in [-0.25, -0.2) is 5.43 Å². The number of nitrogens with zero attached hydrogens (tertiary/aromatic N) is 2. The predicted molar refractivity (Wildman–Crippen MR) is 100 cm³/mol. The van der Waals surface area contributed by atoms with Gasteiger partial charge in [-0.1, -0.05) is 34.1 Å². The van der Waals surface area contributed by atoms with Gasteiger partial charge in [0.1, 0.15) is 11.5 Å². The standard InChI is InChI=1S/C18H12BrN3O4/c19-14-5-1-4-13(9-14)18(23)21-20-11-16-7-8-17(26-16)12-3-2-6-15(10-12)22(24)25/h1-11H,(H,21,23)/b20-11+. The minimum atomic E-state index is -0.466. The number of carbonyl (C=O) groups is 1. The van der Waals surface area contributed by atoms with Crippen LogP contribution in [0.25, 0.3) is 11.3 Å². The molecule has 0 radical (unpaired) electrons. The van der Waals surface area contributed by atoms with Crippen LogP contribution in [0, 0.1) is 10.1 Å². The molecule has 1 N–H and O–H groups in total. The smallest absolute Gasteiger partial charge is 0.271 e. The molecule has 0 atom stereocenters. The summed E-state index contributed by atoms with van der Waals surface area (Å²) < 4.78 is 6.37. The summed E-state index contributed by atoms with van der Waals surface area (Å²) in [7, 11) is 0. The van der Waals surface area contributed by atoms with Gasteiger partial charge in [-0.15, -0.1) is 0 Å². The molecule has 1 heterocycles.